The first kappa shape index (κ1) is 13.3. The number of carbonyl (C=O) groups is 2. The van der Waals surface area contributed by atoms with Crippen molar-refractivity contribution >= 4 is 17.6 Å². The number of nitrogens with zero attached hydrogens (tertiary/aromatic N) is 1. The molecule has 2 aromatic carbocycles. The van der Waals surface area contributed by atoms with Crippen LogP contribution in [0.3, 0.4) is 0 Å². The van der Waals surface area contributed by atoms with Gasteiger partial charge in [0.2, 0.25) is 0 Å². The number of rotatable bonds is 2. The van der Waals surface area contributed by atoms with Crippen LogP contribution in [0.25, 0.3) is 0 Å². The Morgan fingerprint density at radius 2 is 1.86 bits per heavy atom. The number of fused-ring (bicyclic) bond motifs is 1. The third-order valence-corrected chi connectivity index (χ3v) is 3.61. The Balaban J connectivity index is 1.95. The monoisotopic (exact) mass is 285 g/mol. The Labute approximate surface area is 120 Å². The third kappa shape index (κ3) is 2.27. The van der Waals surface area contributed by atoms with Crippen molar-refractivity contribution in [3.8, 4) is 0 Å². The Morgan fingerprint density at radius 1 is 1.14 bits per heavy atom. The SMILES string of the molecule is O=C(O)c1ccc(N2CCc3c(F)cccc3C2=O)cc1. The first-order chi connectivity index (χ1) is 10.1. The number of aromatic carboxylic acids is 1. The molecule has 4 nitrogen and oxygen atoms in total. The highest BCUT2D eigenvalue weighted by atomic mass is 19.1. The smallest absolute Gasteiger partial charge is 0.335 e. The largest absolute Gasteiger partial charge is 0.478 e. The van der Waals surface area contributed by atoms with Crippen LogP contribution in [0, 0.1) is 5.82 Å². The van der Waals surface area contributed by atoms with Gasteiger partial charge in [0.25, 0.3) is 5.91 Å². The second-order valence-corrected chi connectivity index (χ2v) is 4.82. The Morgan fingerprint density at radius 3 is 2.52 bits per heavy atom. The normalized spacial score (nSPS) is 14.0. The number of halogens is 1. The lowest BCUT2D eigenvalue weighted by Crippen LogP contribution is -2.38. The zero-order valence-electron chi connectivity index (χ0n) is 11.0. The van der Waals surface area contributed by atoms with Gasteiger partial charge in [-0.3, -0.25) is 4.79 Å². The molecular weight excluding hydrogens is 273 g/mol. The van der Waals surface area contributed by atoms with Crippen LogP contribution < -0.4 is 4.90 Å². The summed E-state index contributed by atoms with van der Waals surface area (Å²) in [6.45, 7) is 0.374. The maximum atomic E-state index is 13.7. The van der Waals surface area contributed by atoms with Crippen LogP contribution in [-0.2, 0) is 6.42 Å². The number of benzene rings is 2. The molecule has 21 heavy (non-hydrogen) atoms. The van der Waals surface area contributed by atoms with Gasteiger partial charge in [0.05, 0.1) is 5.56 Å². The molecule has 1 amide bonds. The van der Waals surface area contributed by atoms with E-state index in [-0.39, 0.29) is 17.3 Å². The van der Waals surface area contributed by atoms with E-state index in [0.29, 0.717) is 29.8 Å². The fourth-order valence-electron chi connectivity index (χ4n) is 2.51. The van der Waals surface area contributed by atoms with Crippen molar-refractivity contribution in [3.05, 3.63) is 65.0 Å². The molecule has 1 aliphatic rings. The molecular formula is C16H12FNO3. The molecule has 5 heteroatoms. The molecule has 0 radical (unpaired) electrons. The molecule has 2 aromatic rings. The number of hydrogen-bond donors (Lipinski definition) is 1. The van der Waals surface area contributed by atoms with Crippen LogP contribution in [0.5, 0.6) is 0 Å². The summed E-state index contributed by atoms with van der Waals surface area (Å²) in [6, 6.07) is 10.6. The first-order valence-electron chi connectivity index (χ1n) is 6.50. The van der Waals surface area contributed by atoms with Crippen molar-refractivity contribution < 1.29 is 19.1 Å². The minimum atomic E-state index is -1.01. The van der Waals surface area contributed by atoms with E-state index >= 15 is 0 Å². The lowest BCUT2D eigenvalue weighted by molar-refractivity contribution is 0.0696. The van der Waals surface area contributed by atoms with Crippen LogP contribution >= 0.6 is 0 Å². The Kier molecular flexibility index (Phi) is 3.17. The minimum absolute atomic E-state index is 0.162. The highest BCUT2D eigenvalue weighted by Crippen LogP contribution is 2.26. The van der Waals surface area contributed by atoms with Gasteiger partial charge in [0.15, 0.2) is 0 Å². The zero-order chi connectivity index (χ0) is 15.0. The number of anilines is 1. The van der Waals surface area contributed by atoms with Gasteiger partial charge in [-0.25, -0.2) is 9.18 Å². The molecule has 0 aromatic heterocycles. The fourth-order valence-corrected chi connectivity index (χ4v) is 2.51. The minimum Gasteiger partial charge on any atom is -0.478 e. The van der Waals surface area contributed by atoms with Crippen molar-refractivity contribution in [2.45, 2.75) is 6.42 Å². The van der Waals surface area contributed by atoms with E-state index in [9.17, 15) is 14.0 Å². The van der Waals surface area contributed by atoms with Gasteiger partial charge in [-0.1, -0.05) is 6.07 Å². The fraction of sp³-hybridized carbons (Fsp3) is 0.125. The molecule has 0 aliphatic carbocycles. The summed E-state index contributed by atoms with van der Waals surface area (Å²) in [5.41, 5.74) is 1.58. The van der Waals surface area contributed by atoms with E-state index in [1.165, 1.54) is 29.2 Å². The summed E-state index contributed by atoms with van der Waals surface area (Å²) in [7, 11) is 0. The van der Waals surface area contributed by atoms with Crippen LogP contribution in [0.4, 0.5) is 10.1 Å². The van der Waals surface area contributed by atoms with Crippen LogP contribution in [0.15, 0.2) is 42.5 Å². The number of carboxylic acid groups (broad SMARTS) is 1. The number of amides is 1. The molecule has 0 spiro atoms. The Bertz CT molecular complexity index is 725. The first-order valence-corrected chi connectivity index (χ1v) is 6.50. The number of carboxylic acids is 1. The molecule has 0 unspecified atom stereocenters. The van der Waals surface area contributed by atoms with E-state index in [1.54, 1.807) is 18.2 Å². The van der Waals surface area contributed by atoms with Gasteiger partial charge in [0.1, 0.15) is 5.82 Å². The predicted molar refractivity (Wildman–Crippen MR) is 75.2 cm³/mol. The molecule has 0 fully saturated rings. The Hall–Kier alpha value is -2.69. The molecule has 0 saturated carbocycles. The topological polar surface area (TPSA) is 57.6 Å². The molecule has 106 valence electrons. The van der Waals surface area contributed by atoms with Crippen LogP contribution in [0.2, 0.25) is 0 Å². The number of carbonyl (C=O) groups excluding carboxylic acids is 1. The van der Waals surface area contributed by atoms with Crippen molar-refractivity contribution in [1.29, 1.82) is 0 Å². The van der Waals surface area contributed by atoms with Crippen molar-refractivity contribution in [3.63, 3.8) is 0 Å². The molecule has 0 bridgehead atoms. The quantitative estimate of drug-likeness (QED) is 0.923. The van der Waals surface area contributed by atoms with E-state index in [2.05, 4.69) is 0 Å². The average Bonchev–Trinajstić information content (AvgIpc) is 2.49. The summed E-state index contributed by atoms with van der Waals surface area (Å²) < 4.78 is 13.7. The van der Waals surface area contributed by atoms with Crippen LogP contribution in [-0.4, -0.2) is 23.5 Å². The molecule has 1 heterocycles. The lowest BCUT2D eigenvalue weighted by atomic mass is 9.98. The van der Waals surface area contributed by atoms with E-state index < -0.39 is 5.97 Å². The van der Waals surface area contributed by atoms with Gasteiger partial charge in [-0.05, 0) is 42.8 Å². The van der Waals surface area contributed by atoms with Crippen LogP contribution in [0.1, 0.15) is 26.3 Å². The maximum Gasteiger partial charge on any atom is 0.335 e. The summed E-state index contributed by atoms with van der Waals surface area (Å²) in [4.78, 5) is 24.8. The molecule has 0 saturated heterocycles. The number of hydrogen-bond acceptors (Lipinski definition) is 2. The van der Waals surface area contributed by atoms with Gasteiger partial charge in [0, 0.05) is 23.4 Å². The van der Waals surface area contributed by atoms with Gasteiger partial charge >= 0.3 is 5.97 Å². The molecule has 1 aliphatic heterocycles. The summed E-state index contributed by atoms with van der Waals surface area (Å²) in [5.74, 6) is -1.64. The van der Waals surface area contributed by atoms with Crippen molar-refractivity contribution in [1.82, 2.24) is 0 Å². The van der Waals surface area contributed by atoms with Crippen molar-refractivity contribution in [2.75, 3.05) is 11.4 Å². The highest BCUT2D eigenvalue weighted by molar-refractivity contribution is 6.08. The summed E-state index contributed by atoms with van der Waals surface area (Å²) in [5, 5.41) is 8.88. The van der Waals surface area contributed by atoms with Gasteiger partial charge < -0.3 is 10.0 Å². The second kappa shape index (κ2) is 5.01. The van der Waals surface area contributed by atoms with E-state index in [0.717, 1.165) is 0 Å². The predicted octanol–water partition coefficient (Wildman–Crippen LogP) is 2.73. The van der Waals surface area contributed by atoms with E-state index in [1.807, 2.05) is 0 Å². The molecule has 3 rings (SSSR count). The zero-order valence-corrected chi connectivity index (χ0v) is 11.0. The van der Waals surface area contributed by atoms with Gasteiger partial charge in [-0.15, -0.1) is 0 Å². The average molecular weight is 285 g/mol. The maximum absolute atomic E-state index is 13.7. The van der Waals surface area contributed by atoms with Gasteiger partial charge in [-0.2, -0.15) is 0 Å². The van der Waals surface area contributed by atoms with Crippen molar-refractivity contribution in [2.24, 2.45) is 0 Å². The summed E-state index contributed by atoms with van der Waals surface area (Å²) in [6.07, 6.45) is 0.439. The van der Waals surface area contributed by atoms with E-state index in [4.69, 9.17) is 5.11 Å². The lowest BCUT2D eigenvalue weighted by Gasteiger charge is -2.28. The molecule has 0 atom stereocenters. The third-order valence-electron chi connectivity index (χ3n) is 3.61. The molecule has 1 N–H and O–H groups in total. The standard InChI is InChI=1S/C16H12FNO3/c17-14-3-1-2-13-12(14)8-9-18(15(13)19)11-6-4-10(5-7-11)16(20)21/h1-7H,8-9H2,(H,20,21). The summed E-state index contributed by atoms with van der Waals surface area (Å²) >= 11 is 0. The second-order valence-electron chi connectivity index (χ2n) is 4.82. The highest BCUT2D eigenvalue weighted by Gasteiger charge is 2.27.